The van der Waals surface area contributed by atoms with Crippen molar-refractivity contribution < 1.29 is 18.4 Å². The van der Waals surface area contributed by atoms with Gasteiger partial charge in [0.15, 0.2) is 11.6 Å². The molecule has 0 atom stereocenters. The Bertz CT molecular complexity index is 834. The van der Waals surface area contributed by atoms with Crippen LogP contribution in [0.3, 0.4) is 0 Å². The summed E-state index contributed by atoms with van der Waals surface area (Å²) in [6, 6.07) is 13.1. The van der Waals surface area contributed by atoms with Gasteiger partial charge in [0.25, 0.3) is 0 Å². The topological polar surface area (TPSA) is 49.4 Å². The van der Waals surface area contributed by atoms with E-state index >= 15 is 0 Å². The first kappa shape index (κ1) is 20.0. The van der Waals surface area contributed by atoms with Gasteiger partial charge in [0.05, 0.1) is 0 Å². The van der Waals surface area contributed by atoms with E-state index < -0.39 is 11.6 Å². The molecule has 0 aliphatic heterocycles. The minimum Gasteiger partial charge on any atom is -0.341 e. The second-order valence-corrected chi connectivity index (χ2v) is 7.35. The first-order chi connectivity index (χ1) is 13.4. The smallest absolute Gasteiger partial charge is 0.227 e. The van der Waals surface area contributed by atoms with Gasteiger partial charge in [0.2, 0.25) is 11.8 Å². The van der Waals surface area contributed by atoms with Crippen molar-refractivity contribution in [2.24, 2.45) is 11.8 Å². The number of nitrogens with one attached hydrogen (secondary N) is 1. The molecule has 0 radical (unpaired) electrons. The molecule has 4 nitrogen and oxygen atoms in total. The van der Waals surface area contributed by atoms with Gasteiger partial charge in [-0.3, -0.25) is 9.59 Å². The fraction of sp³-hybridized carbons (Fsp3) is 0.364. The molecule has 0 saturated heterocycles. The molecule has 0 unspecified atom stereocenters. The number of anilines is 1. The van der Waals surface area contributed by atoms with E-state index in [4.69, 9.17) is 0 Å². The fourth-order valence-corrected chi connectivity index (χ4v) is 3.67. The highest BCUT2D eigenvalue weighted by molar-refractivity contribution is 5.92. The summed E-state index contributed by atoms with van der Waals surface area (Å²) in [6.45, 7) is 0.566. The highest BCUT2D eigenvalue weighted by Gasteiger charge is 2.31. The monoisotopic (exact) mass is 386 g/mol. The van der Waals surface area contributed by atoms with E-state index in [9.17, 15) is 18.4 Å². The zero-order valence-electron chi connectivity index (χ0n) is 15.8. The van der Waals surface area contributed by atoms with Gasteiger partial charge in [0, 0.05) is 37.2 Å². The molecule has 2 aromatic carbocycles. The van der Waals surface area contributed by atoms with Crippen LogP contribution in [-0.2, 0) is 16.1 Å². The van der Waals surface area contributed by atoms with E-state index in [1.165, 1.54) is 6.07 Å². The maximum absolute atomic E-state index is 13.3. The minimum atomic E-state index is -0.992. The standard InChI is InChI=1S/C22H24F2N2O2/c1-26(14-15-5-3-2-4-6-15)22(28)17-9-7-16(8-10-17)21(27)25-18-11-12-19(23)20(24)13-18/h2-6,11-13,16-17H,7-10,14H2,1H3,(H,25,27). The van der Waals surface area contributed by atoms with Gasteiger partial charge < -0.3 is 10.2 Å². The van der Waals surface area contributed by atoms with Crippen molar-refractivity contribution in [1.29, 1.82) is 0 Å². The second-order valence-electron chi connectivity index (χ2n) is 7.35. The van der Waals surface area contributed by atoms with Gasteiger partial charge in [-0.15, -0.1) is 0 Å². The van der Waals surface area contributed by atoms with E-state index in [-0.39, 0.29) is 29.3 Å². The maximum Gasteiger partial charge on any atom is 0.227 e. The van der Waals surface area contributed by atoms with Crippen molar-refractivity contribution in [1.82, 2.24) is 4.90 Å². The van der Waals surface area contributed by atoms with Gasteiger partial charge in [-0.1, -0.05) is 30.3 Å². The maximum atomic E-state index is 13.3. The Morgan fingerprint density at radius 3 is 2.25 bits per heavy atom. The molecule has 1 fully saturated rings. The number of hydrogen-bond donors (Lipinski definition) is 1. The average Bonchev–Trinajstić information content (AvgIpc) is 2.71. The number of amides is 2. The highest BCUT2D eigenvalue weighted by Crippen LogP contribution is 2.31. The largest absolute Gasteiger partial charge is 0.341 e. The lowest BCUT2D eigenvalue weighted by atomic mass is 9.81. The highest BCUT2D eigenvalue weighted by atomic mass is 19.2. The fourth-order valence-electron chi connectivity index (χ4n) is 3.67. The minimum absolute atomic E-state index is 0.0824. The number of nitrogens with zero attached hydrogens (tertiary/aromatic N) is 1. The molecule has 148 valence electrons. The summed E-state index contributed by atoms with van der Waals surface area (Å²) in [6.07, 6.45) is 2.50. The first-order valence-electron chi connectivity index (χ1n) is 9.49. The van der Waals surface area contributed by atoms with Gasteiger partial charge in [-0.25, -0.2) is 8.78 Å². The normalized spacial score (nSPS) is 19.1. The predicted octanol–water partition coefficient (Wildman–Crippen LogP) is 4.37. The molecular weight excluding hydrogens is 362 g/mol. The van der Waals surface area contributed by atoms with Crippen LogP contribution < -0.4 is 5.32 Å². The Hall–Kier alpha value is -2.76. The summed E-state index contributed by atoms with van der Waals surface area (Å²) >= 11 is 0. The van der Waals surface area contributed by atoms with Crippen LogP contribution in [0.5, 0.6) is 0 Å². The molecule has 1 N–H and O–H groups in total. The molecular formula is C22H24F2N2O2. The Balaban J connectivity index is 1.49. The Morgan fingerprint density at radius 2 is 1.61 bits per heavy atom. The number of carbonyl (C=O) groups excluding carboxylic acids is 2. The second kappa shape index (κ2) is 8.95. The van der Waals surface area contributed by atoms with Crippen molar-refractivity contribution in [3.05, 3.63) is 65.7 Å². The third kappa shape index (κ3) is 4.94. The lowest BCUT2D eigenvalue weighted by Crippen LogP contribution is -2.36. The van der Waals surface area contributed by atoms with Crippen LogP contribution >= 0.6 is 0 Å². The molecule has 0 aromatic heterocycles. The van der Waals surface area contributed by atoms with Crippen LogP contribution in [0.2, 0.25) is 0 Å². The predicted molar refractivity (Wildman–Crippen MR) is 103 cm³/mol. The number of hydrogen-bond acceptors (Lipinski definition) is 2. The third-order valence-corrected chi connectivity index (χ3v) is 5.27. The average molecular weight is 386 g/mol. The van der Waals surface area contributed by atoms with Crippen molar-refractivity contribution in [2.75, 3.05) is 12.4 Å². The van der Waals surface area contributed by atoms with Crippen LogP contribution in [0.4, 0.5) is 14.5 Å². The molecule has 6 heteroatoms. The Labute approximate surface area is 163 Å². The molecule has 0 bridgehead atoms. The molecule has 2 amide bonds. The summed E-state index contributed by atoms with van der Waals surface area (Å²) < 4.78 is 26.3. The third-order valence-electron chi connectivity index (χ3n) is 5.27. The van der Waals surface area contributed by atoms with E-state index in [1.54, 1.807) is 11.9 Å². The number of carbonyl (C=O) groups is 2. The van der Waals surface area contributed by atoms with E-state index in [1.807, 2.05) is 30.3 Å². The molecule has 1 aliphatic rings. The SMILES string of the molecule is CN(Cc1ccccc1)C(=O)C1CCC(C(=O)Nc2ccc(F)c(F)c2)CC1. The van der Waals surface area contributed by atoms with Gasteiger partial charge >= 0.3 is 0 Å². The summed E-state index contributed by atoms with van der Waals surface area (Å²) in [5.41, 5.74) is 1.32. The summed E-state index contributed by atoms with van der Waals surface area (Å²) in [5, 5.41) is 2.64. The molecule has 28 heavy (non-hydrogen) atoms. The van der Waals surface area contributed by atoms with Crippen molar-refractivity contribution in [2.45, 2.75) is 32.2 Å². The quantitative estimate of drug-likeness (QED) is 0.830. The van der Waals surface area contributed by atoms with Gasteiger partial charge in [-0.2, -0.15) is 0 Å². The Kier molecular flexibility index (Phi) is 6.39. The van der Waals surface area contributed by atoms with Gasteiger partial charge in [-0.05, 0) is 43.4 Å². The first-order valence-corrected chi connectivity index (χ1v) is 9.49. The lowest BCUT2D eigenvalue weighted by Gasteiger charge is -2.30. The summed E-state index contributed by atoms with van der Waals surface area (Å²) in [4.78, 5) is 26.8. The van der Waals surface area contributed by atoms with Crippen LogP contribution in [-0.4, -0.2) is 23.8 Å². The molecule has 3 rings (SSSR count). The van der Waals surface area contributed by atoms with E-state index in [2.05, 4.69) is 5.32 Å². The zero-order valence-corrected chi connectivity index (χ0v) is 15.8. The molecule has 1 saturated carbocycles. The molecule has 1 aliphatic carbocycles. The number of benzene rings is 2. The van der Waals surface area contributed by atoms with Crippen molar-refractivity contribution in [3.63, 3.8) is 0 Å². The van der Waals surface area contributed by atoms with Crippen LogP contribution in [0.15, 0.2) is 48.5 Å². The van der Waals surface area contributed by atoms with Crippen molar-refractivity contribution >= 4 is 17.5 Å². The number of halogens is 2. The van der Waals surface area contributed by atoms with E-state index in [0.29, 0.717) is 32.2 Å². The summed E-state index contributed by atoms with van der Waals surface area (Å²) in [7, 11) is 1.80. The molecule has 0 heterocycles. The van der Waals surface area contributed by atoms with Crippen LogP contribution in [0.25, 0.3) is 0 Å². The van der Waals surface area contributed by atoms with Gasteiger partial charge in [0.1, 0.15) is 0 Å². The molecule has 2 aromatic rings. The summed E-state index contributed by atoms with van der Waals surface area (Å²) in [5.74, 6) is -2.36. The zero-order chi connectivity index (χ0) is 20.1. The van der Waals surface area contributed by atoms with E-state index in [0.717, 1.165) is 17.7 Å². The Morgan fingerprint density at radius 1 is 0.964 bits per heavy atom. The van der Waals surface area contributed by atoms with Crippen LogP contribution in [0, 0.1) is 23.5 Å². The molecule has 0 spiro atoms. The number of rotatable bonds is 5. The van der Waals surface area contributed by atoms with Crippen LogP contribution in [0.1, 0.15) is 31.2 Å². The van der Waals surface area contributed by atoms with Crippen molar-refractivity contribution in [3.8, 4) is 0 Å². The lowest BCUT2D eigenvalue weighted by molar-refractivity contribution is -0.137.